The molecule has 108 valence electrons. The van der Waals surface area contributed by atoms with Crippen molar-refractivity contribution in [1.29, 1.82) is 0 Å². The number of nitrogens with one attached hydrogen (secondary N) is 1. The van der Waals surface area contributed by atoms with Crippen LogP contribution in [0.3, 0.4) is 0 Å². The van der Waals surface area contributed by atoms with Crippen LogP contribution in [0.5, 0.6) is 0 Å². The molecule has 1 aliphatic carbocycles. The van der Waals surface area contributed by atoms with Crippen LogP contribution in [0.25, 0.3) is 0 Å². The van der Waals surface area contributed by atoms with E-state index in [1.54, 1.807) is 0 Å². The van der Waals surface area contributed by atoms with E-state index in [0.29, 0.717) is 10.6 Å². The molecule has 1 amide bonds. The molecule has 0 unspecified atom stereocenters. The molecule has 0 spiro atoms. The number of nitrogens with two attached hydrogens (primary N) is 1. The van der Waals surface area contributed by atoms with Crippen LogP contribution < -0.4 is 11.1 Å². The van der Waals surface area contributed by atoms with Crippen molar-refractivity contribution in [1.82, 2.24) is 10.3 Å². The largest absolute Gasteiger partial charge is 0.391 e. The Morgan fingerprint density at radius 3 is 2.50 bits per heavy atom. The van der Waals surface area contributed by atoms with Crippen molar-refractivity contribution >= 4 is 23.1 Å². The summed E-state index contributed by atoms with van der Waals surface area (Å²) in [6.45, 7) is 3.75. The molecule has 1 saturated carbocycles. The summed E-state index contributed by atoms with van der Waals surface area (Å²) in [4.78, 5) is 17.2. The maximum Gasteiger partial charge on any atom is 0.253 e. The number of aryl methyl sites for hydroxylation is 2. The summed E-state index contributed by atoms with van der Waals surface area (Å²) in [6, 6.07) is 3.65. The van der Waals surface area contributed by atoms with Gasteiger partial charge < -0.3 is 11.1 Å². The van der Waals surface area contributed by atoms with Gasteiger partial charge in [-0.1, -0.05) is 31.5 Å². The number of amides is 1. The summed E-state index contributed by atoms with van der Waals surface area (Å²) in [5.41, 5.74) is 7.60. The highest BCUT2D eigenvalue weighted by Crippen LogP contribution is 2.29. The first-order chi connectivity index (χ1) is 9.44. The van der Waals surface area contributed by atoms with Crippen LogP contribution in [0.15, 0.2) is 12.1 Å². The number of pyridine rings is 1. The minimum absolute atomic E-state index is 0.135. The van der Waals surface area contributed by atoms with E-state index in [0.717, 1.165) is 37.1 Å². The van der Waals surface area contributed by atoms with Gasteiger partial charge in [0.25, 0.3) is 5.91 Å². The lowest BCUT2D eigenvalue weighted by molar-refractivity contribution is 0.0907. The van der Waals surface area contributed by atoms with Crippen molar-refractivity contribution in [2.75, 3.05) is 0 Å². The second-order valence-electron chi connectivity index (χ2n) is 5.55. The van der Waals surface area contributed by atoms with Crippen molar-refractivity contribution in [3.05, 3.63) is 29.1 Å². The molecular weight excluding hydrogens is 270 g/mol. The number of thiocarbonyl (C=S) groups is 1. The molecule has 0 saturated heterocycles. The Morgan fingerprint density at radius 2 is 1.95 bits per heavy atom. The average Bonchev–Trinajstić information content (AvgIpc) is 2.39. The molecule has 1 aromatic rings. The Labute approximate surface area is 125 Å². The Morgan fingerprint density at radius 1 is 1.30 bits per heavy atom. The third kappa shape index (κ3) is 2.98. The maximum absolute atomic E-state index is 12.5. The summed E-state index contributed by atoms with van der Waals surface area (Å²) in [6.07, 6.45) is 4.91. The van der Waals surface area contributed by atoms with Crippen molar-refractivity contribution in [2.45, 2.75) is 51.5 Å². The first-order valence-corrected chi connectivity index (χ1v) is 7.42. The number of hydrogen-bond donors (Lipinski definition) is 2. The molecule has 5 heteroatoms. The summed E-state index contributed by atoms with van der Waals surface area (Å²) in [5, 5.41) is 3.06. The summed E-state index contributed by atoms with van der Waals surface area (Å²) >= 11 is 5.20. The third-order valence-corrected chi connectivity index (χ3v) is 4.39. The zero-order chi connectivity index (χ0) is 14.8. The molecule has 1 aliphatic rings. The van der Waals surface area contributed by atoms with Gasteiger partial charge in [-0.15, -0.1) is 0 Å². The number of rotatable bonds is 3. The lowest BCUT2D eigenvalue weighted by atomic mass is 9.81. The Balaban J connectivity index is 2.22. The van der Waals surface area contributed by atoms with Crippen molar-refractivity contribution in [3.63, 3.8) is 0 Å². The SMILES string of the molecule is Cc1ccc(C(=O)NC2(C(N)=S)CCCCC2)c(C)n1. The Hall–Kier alpha value is -1.49. The second kappa shape index (κ2) is 5.87. The molecule has 1 heterocycles. The van der Waals surface area contributed by atoms with Crippen LogP contribution in [0.1, 0.15) is 53.8 Å². The summed E-state index contributed by atoms with van der Waals surface area (Å²) in [7, 11) is 0. The fourth-order valence-corrected chi connectivity index (χ4v) is 3.05. The van der Waals surface area contributed by atoms with Crippen LogP contribution in [0.4, 0.5) is 0 Å². The molecule has 1 fully saturated rings. The normalized spacial score (nSPS) is 17.5. The summed E-state index contributed by atoms with van der Waals surface area (Å²) < 4.78 is 0. The van der Waals surface area contributed by atoms with E-state index in [4.69, 9.17) is 18.0 Å². The first-order valence-electron chi connectivity index (χ1n) is 7.01. The molecule has 0 aliphatic heterocycles. The highest BCUT2D eigenvalue weighted by molar-refractivity contribution is 7.80. The number of aromatic nitrogens is 1. The average molecular weight is 291 g/mol. The van der Waals surface area contributed by atoms with E-state index in [2.05, 4.69) is 10.3 Å². The van der Waals surface area contributed by atoms with Gasteiger partial charge in [0, 0.05) is 5.69 Å². The lowest BCUT2D eigenvalue weighted by Crippen LogP contribution is -2.57. The van der Waals surface area contributed by atoms with Gasteiger partial charge in [0.2, 0.25) is 0 Å². The standard InChI is InChI=1S/C15H21N3OS/c1-10-6-7-12(11(2)17-10)13(19)18-15(14(16)20)8-4-3-5-9-15/h6-7H,3-5,8-9H2,1-2H3,(H2,16,20)(H,18,19). The van der Waals surface area contributed by atoms with Gasteiger partial charge in [-0.25, -0.2) is 0 Å². The van der Waals surface area contributed by atoms with Gasteiger partial charge in [0.05, 0.1) is 21.8 Å². The molecule has 20 heavy (non-hydrogen) atoms. The van der Waals surface area contributed by atoms with Crippen molar-refractivity contribution < 1.29 is 4.79 Å². The predicted molar refractivity (Wildman–Crippen MR) is 83.8 cm³/mol. The summed E-state index contributed by atoms with van der Waals surface area (Å²) in [5.74, 6) is -0.135. The zero-order valence-corrected chi connectivity index (χ0v) is 12.8. The lowest BCUT2D eigenvalue weighted by Gasteiger charge is -2.37. The van der Waals surface area contributed by atoms with E-state index in [1.807, 2.05) is 26.0 Å². The molecule has 2 rings (SSSR count). The predicted octanol–water partition coefficient (Wildman–Crippen LogP) is 2.42. The second-order valence-corrected chi connectivity index (χ2v) is 5.99. The third-order valence-electron chi connectivity index (χ3n) is 4.00. The quantitative estimate of drug-likeness (QED) is 0.839. The Kier molecular flexibility index (Phi) is 4.38. The number of carbonyl (C=O) groups excluding carboxylic acids is 1. The van der Waals surface area contributed by atoms with E-state index in [1.165, 1.54) is 6.42 Å². The fourth-order valence-electron chi connectivity index (χ4n) is 2.80. The molecular formula is C15H21N3OS. The molecule has 0 aromatic carbocycles. The van der Waals surface area contributed by atoms with E-state index in [9.17, 15) is 4.79 Å². The minimum Gasteiger partial charge on any atom is -0.391 e. The van der Waals surface area contributed by atoms with Gasteiger partial charge in [-0.2, -0.15) is 0 Å². The molecule has 4 nitrogen and oxygen atoms in total. The smallest absolute Gasteiger partial charge is 0.253 e. The van der Waals surface area contributed by atoms with Crippen molar-refractivity contribution in [3.8, 4) is 0 Å². The van der Waals surface area contributed by atoms with E-state index < -0.39 is 5.54 Å². The van der Waals surface area contributed by atoms with Crippen LogP contribution in [-0.4, -0.2) is 21.4 Å². The van der Waals surface area contributed by atoms with Gasteiger partial charge in [-0.05, 0) is 38.8 Å². The molecule has 0 atom stereocenters. The molecule has 1 aromatic heterocycles. The number of hydrogen-bond acceptors (Lipinski definition) is 3. The number of nitrogens with zero attached hydrogens (tertiary/aromatic N) is 1. The molecule has 3 N–H and O–H groups in total. The van der Waals surface area contributed by atoms with Gasteiger partial charge >= 0.3 is 0 Å². The molecule has 0 bridgehead atoms. The highest BCUT2D eigenvalue weighted by Gasteiger charge is 2.36. The van der Waals surface area contributed by atoms with E-state index in [-0.39, 0.29) is 5.91 Å². The highest BCUT2D eigenvalue weighted by atomic mass is 32.1. The van der Waals surface area contributed by atoms with E-state index >= 15 is 0 Å². The van der Waals surface area contributed by atoms with Gasteiger partial charge in [0.1, 0.15) is 0 Å². The number of carbonyl (C=O) groups is 1. The minimum atomic E-state index is -0.526. The van der Waals surface area contributed by atoms with Crippen LogP contribution in [0, 0.1) is 13.8 Å². The van der Waals surface area contributed by atoms with Crippen molar-refractivity contribution in [2.24, 2.45) is 5.73 Å². The first kappa shape index (κ1) is 14.9. The monoisotopic (exact) mass is 291 g/mol. The maximum atomic E-state index is 12.5. The van der Waals surface area contributed by atoms with Crippen LogP contribution in [0.2, 0.25) is 0 Å². The van der Waals surface area contributed by atoms with Gasteiger partial charge in [-0.3, -0.25) is 9.78 Å². The zero-order valence-electron chi connectivity index (χ0n) is 12.0. The van der Waals surface area contributed by atoms with Crippen LogP contribution >= 0.6 is 12.2 Å². The molecule has 0 radical (unpaired) electrons. The Bertz CT molecular complexity index is 536. The topological polar surface area (TPSA) is 68.0 Å². The fraction of sp³-hybridized carbons (Fsp3) is 0.533. The van der Waals surface area contributed by atoms with Crippen LogP contribution in [-0.2, 0) is 0 Å². The van der Waals surface area contributed by atoms with Gasteiger partial charge in [0.15, 0.2) is 0 Å².